The van der Waals surface area contributed by atoms with Gasteiger partial charge >= 0.3 is 5.97 Å². The number of rotatable bonds is 9. The Kier molecular flexibility index (Phi) is 7.54. The molecule has 0 amide bonds. The van der Waals surface area contributed by atoms with Crippen molar-refractivity contribution >= 4 is 5.97 Å². The average Bonchev–Trinajstić information content (AvgIpc) is 2.62. The largest absolute Gasteiger partial charge is 0.423 e. The fourth-order valence-electron chi connectivity index (χ4n) is 2.66. The van der Waals surface area contributed by atoms with Gasteiger partial charge in [-0.25, -0.2) is 4.79 Å². The molecule has 2 aromatic rings. The molecule has 2 nitrogen and oxygen atoms in total. The van der Waals surface area contributed by atoms with Crippen molar-refractivity contribution < 1.29 is 9.53 Å². The molecule has 2 rings (SSSR count). The second-order valence-corrected chi connectivity index (χ2v) is 6.29. The molecule has 128 valence electrons. The number of carbonyl (C=O) groups is 1. The summed E-state index contributed by atoms with van der Waals surface area (Å²) < 4.78 is 5.46. The van der Waals surface area contributed by atoms with Gasteiger partial charge in [-0.15, -0.1) is 0 Å². The van der Waals surface area contributed by atoms with Crippen molar-refractivity contribution in [3.63, 3.8) is 0 Å². The summed E-state index contributed by atoms with van der Waals surface area (Å²) in [6, 6.07) is 15.6. The quantitative estimate of drug-likeness (QED) is 0.322. The monoisotopic (exact) mass is 324 g/mol. The van der Waals surface area contributed by atoms with Crippen molar-refractivity contribution in [2.75, 3.05) is 0 Å². The first-order valence-corrected chi connectivity index (χ1v) is 9.13. The Morgan fingerprint density at radius 2 is 1.29 bits per heavy atom. The lowest BCUT2D eigenvalue weighted by molar-refractivity contribution is 0.0734. The molecule has 0 unspecified atom stereocenters. The van der Waals surface area contributed by atoms with Crippen LogP contribution in [0.15, 0.2) is 48.5 Å². The first-order valence-electron chi connectivity index (χ1n) is 9.13. The Morgan fingerprint density at radius 1 is 0.750 bits per heavy atom. The normalized spacial score (nSPS) is 10.6. The zero-order valence-electron chi connectivity index (χ0n) is 14.9. The zero-order chi connectivity index (χ0) is 17.2. The Bertz CT molecular complexity index is 611. The number of unbranched alkanes of at least 4 members (excludes halogenated alkanes) is 3. The molecule has 0 bridgehead atoms. The van der Waals surface area contributed by atoms with Crippen LogP contribution in [0.2, 0.25) is 0 Å². The SMILES string of the molecule is CCCCCc1ccc(C(=O)Oc2ccc(CCCC)cc2)cc1. The van der Waals surface area contributed by atoms with Crippen molar-refractivity contribution in [3.05, 3.63) is 65.2 Å². The highest BCUT2D eigenvalue weighted by atomic mass is 16.5. The number of hydrogen-bond acceptors (Lipinski definition) is 2. The zero-order valence-corrected chi connectivity index (χ0v) is 14.9. The van der Waals surface area contributed by atoms with Crippen molar-refractivity contribution in [3.8, 4) is 5.75 Å². The smallest absolute Gasteiger partial charge is 0.343 e. The van der Waals surface area contributed by atoms with Crippen LogP contribution >= 0.6 is 0 Å². The van der Waals surface area contributed by atoms with Crippen molar-refractivity contribution in [1.82, 2.24) is 0 Å². The lowest BCUT2D eigenvalue weighted by atomic mass is 10.1. The van der Waals surface area contributed by atoms with E-state index in [1.165, 1.54) is 43.2 Å². The van der Waals surface area contributed by atoms with E-state index < -0.39 is 0 Å². The number of benzene rings is 2. The molecule has 0 spiro atoms. The minimum atomic E-state index is -0.295. The number of hydrogen-bond donors (Lipinski definition) is 0. The van der Waals surface area contributed by atoms with E-state index in [0.29, 0.717) is 11.3 Å². The highest BCUT2D eigenvalue weighted by molar-refractivity contribution is 5.91. The van der Waals surface area contributed by atoms with E-state index in [0.717, 1.165) is 12.8 Å². The molecule has 0 radical (unpaired) electrons. The van der Waals surface area contributed by atoms with Gasteiger partial charge in [0, 0.05) is 0 Å². The molecule has 0 heterocycles. The summed E-state index contributed by atoms with van der Waals surface area (Å²) in [5.74, 6) is 0.309. The third kappa shape index (κ3) is 5.84. The van der Waals surface area contributed by atoms with Crippen LogP contribution in [0.25, 0.3) is 0 Å². The summed E-state index contributed by atoms with van der Waals surface area (Å²) in [4.78, 5) is 12.2. The van der Waals surface area contributed by atoms with Crippen LogP contribution in [-0.2, 0) is 12.8 Å². The van der Waals surface area contributed by atoms with Crippen LogP contribution < -0.4 is 4.74 Å². The summed E-state index contributed by atoms with van der Waals surface area (Å²) in [5, 5.41) is 0. The molecule has 2 heteroatoms. The molecule has 0 atom stereocenters. The predicted molar refractivity (Wildman–Crippen MR) is 99.7 cm³/mol. The Balaban J connectivity index is 1.89. The molecular formula is C22H28O2. The van der Waals surface area contributed by atoms with Gasteiger partial charge in [0.1, 0.15) is 5.75 Å². The lowest BCUT2D eigenvalue weighted by Gasteiger charge is -2.07. The first kappa shape index (κ1) is 18.3. The van der Waals surface area contributed by atoms with Crippen molar-refractivity contribution in [2.24, 2.45) is 0 Å². The summed E-state index contributed by atoms with van der Waals surface area (Å²) in [6.07, 6.45) is 8.19. The number of esters is 1. The van der Waals surface area contributed by atoms with Gasteiger partial charge in [0.2, 0.25) is 0 Å². The van der Waals surface area contributed by atoms with Gasteiger partial charge in [-0.1, -0.05) is 57.4 Å². The molecule has 0 aliphatic rings. The van der Waals surface area contributed by atoms with Crippen LogP contribution in [-0.4, -0.2) is 5.97 Å². The summed E-state index contributed by atoms with van der Waals surface area (Å²) >= 11 is 0. The molecule has 2 aromatic carbocycles. The molecule has 0 saturated carbocycles. The van der Waals surface area contributed by atoms with Crippen LogP contribution in [0.1, 0.15) is 67.4 Å². The Labute approximate surface area is 145 Å². The molecule has 24 heavy (non-hydrogen) atoms. The lowest BCUT2D eigenvalue weighted by Crippen LogP contribution is -2.08. The fourth-order valence-corrected chi connectivity index (χ4v) is 2.66. The fraction of sp³-hybridized carbons (Fsp3) is 0.409. The van der Waals surface area contributed by atoms with Gasteiger partial charge in [0.25, 0.3) is 0 Å². The number of aryl methyl sites for hydroxylation is 2. The van der Waals surface area contributed by atoms with E-state index in [-0.39, 0.29) is 5.97 Å². The van der Waals surface area contributed by atoms with Crippen LogP contribution in [0.3, 0.4) is 0 Å². The molecule has 0 saturated heterocycles. The standard InChI is InChI=1S/C22H28O2/c1-3-5-7-9-19-10-14-20(15-11-19)22(23)24-21-16-12-18(13-17-21)8-6-4-2/h10-17H,3-9H2,1-2H3. The molecular weight excluding hydrogens is 296 g/mol. The van der Waals surface area contributed by atoms with Gasteiger partial charge < -0.3 is 4.74 Å². The van der Waals surface area contributed by atoms with E-state index in [2.05, 4.69) is 13.8 Å². The third-order valence-electron chi connectivity index (χ3n) is 4.21. The minimum absolute atomic E-state index is 0.295. The van der Waals surface area contributed by atoms with Crippen molar-refractivity contribution in [1.29, 1.82) is 0 Å². The van der Waals surface area contributed by atoms with E-state index in [1.807, 2.05) is 48.5 Å². The van der Waals surface area contributed by atoms with Crippen LogP contribution in [0.4, 0.5) is 0 Å². The topological polar surface area (TPSA) is 26.3 Å². The van der Waals surface area contributed by atoms with Gasteiger partial charge in [-0.2, -0.15) is 0 Å². The summed E-state index contributed by atoms with van der Waals surface area (Å²) in [7, 11) is 0. The second-order valence-electron chi connectivity index (χ2n) is 6.29. The van der Waals surface area contributed by atoms with Gasteiger partial charge in [-0.3, -0.25) is 0 Å². The summed E-state index contributed by atoms with van der Waals surface area (Å²) in [6.45, 7) is 4.39. The van der Waals surface area contributed by atoms with Gasteiger partial charge in [0.15, 0.2) is 0 Å². The average molecular weight is 324 g/mol. The maximum atomic E-state index is 12.2. The van der Waals surface area contributed by atoms with E-state index >= 15 is 0 Å². The maximum Gasteiger partial charge on any atom is 0.343 e. The Morgan fingerprint density at radius 3 is 1.88 bits per heavy atom. The van der Waals surface area contributed by atoms with E-state index in [1.54, 1.807) is 0 Å². The Hall–Kier alpha value is -2.09. The van der Waals surface area contributed by atoms with Gasteiger partial charge in [-0.05, 0) is 61.1 Å². The van der Waals surface area contributed by atoms with E-state index in [9.17, 15) is 4.79 Å². The van der Waals surface area contributed by atoms with Crippen LogP contribution in [0.5, 0.6) is 5.75 Å². The molecule has 0 aliphatic carbocycles. The number of ether oxygens (including phenoxy) is 1. The van der Waals surface area contributed by atoms with Crippen LogP contribution in [0, 0.1) is 0 Å². The molecule has 0 aromatic heterocycles. The maximum absolute atomic E-state index is 12.2. The minimum Gasteiger partial charge on any atom is -0.423 e. The highest BCUT2D eigenvalue weighted by Gasteiger charge is 2.08. The highest BCUT2D eigenvalue weighted by Crippen LogP contribution is 2.16. The van der Waals surface area contributed by atoms with Crippen molar-refractivity contribution in [2.45, 2.75) is 58.8 Å². The first-order chi connectivity index (χ1) is 11.7. The van der Waals surface area contributed by atoms with Gasteiger partial charge in [0.05, 0.1) is 5.56 Å². The van der Waals surface area contributed by atoms with E-state index in [4.69, 9.17) is 4.74 Å². The predicted octanol–water partition coefficient (Wildman–Crippen LogP) is 5.98. The summed E-state index contributed by atoms with van der Waals surface area (Å²) in [5.41, 5.74) is 3.16. The molecule has 0 aliphatic heterocycles. The molecule has 0 fully saturated rings. The second kappa shape index (κ2) is 9.92. The number of carbonyl (C=O) groups excluding carboxylic acids is 1. The third-order valence-corrected chi connectivity index (χ3v) is 4.21. The molecule has 0 N–H and O–H groups in total.